The summed E-state index contributed by atoms with van der Waals surface area (Å²) in [6.07, 6.45) is 0.746. The number of rotatable bonds is 3. The molecule has 0 aliphatic carbocycles. The predicted molar refractivity (Wildman–Crippen MR) is 80.4 cm³/mol. The molecule has 0 radical (unpaired) electrons. The Balaban J connectivity index is 2.19. The van der Waals surface area contributed by atoms with E-state index in [9.17, 15) is 5.11 Å². The SMILES string of the molecule is CC(C)(O)CCn1c2ccccc2c2ccccc21. The van der Waals surface area contributed by atoms with E-state index >= 15 is 0 Å². The third kappa shape index (κ3) is 2.24. The van der Waals surface area contributed by atoms with Crippen molar-refractivity contribution in [3.8, 4) is 0 Å². The van der Waals surface area contributed by atoms with Gasteiger partial charge in [0.1, 0.15) is 0 Å². The lowest BCUT2D eigenvalue weighted by molar-refractivity contribution is 0.0669. The molecule has 2 heteroatoms. The molecular formula is C17H19NO. The smallest absolute Gasteiger partial charge is 0.0608 e. The summed E-state index contributed by atoms with van der Waals surface area (Å²) in [5.74, 6) is 0. The maximum atomic E-state index is 9.95. The molecule has 3 rings (SSSR count). The third-order valence-electron chi connectivity index (χ3n) is 3.63. The van der Waals surface area contributed by atoms with Gasteiger partial charge >= 0.3 is 0 Å². The van der Waals surface area contributed by atoms with Crippen molar-refractivity contribution in [1.82, 2.24) is 4.57 Å². The molecule has 0 spiro atoms. The van der Waals surface area contributed by atoms with Crippen molar-refractivity contribution in [3.05, 3.63) is 48.5 Å². The highest BCUT2D eigenvalue weighted by Crippen LogP contribution is 2.29. The fourth-order valence-electron chi connectivity index (χ4n) is 2.63. The van der Waals surface area contributed by atoms with Crippen molar-refractivity contribution in [2.45, 2.75) is 32.4 Å². The number of hydrogen-bond donors (Lipinski definition) is 1. The van der Waals surface area contributed by atoms with Gasteiger partial charge in [-0.15, -0.1) is 0 Å². The Morgan fingerprint density at radius 3 is 1.84 bits per heavy atom. The summed E-state index contributed by atoms with van der Waals surface area (Å²) in [6, 6.07) is 16.9. The first-order chi connectivity index (χ1) is 9.06. The molecule has 0 saturated heterocycles. The van der Waals surface area contributed by atoms with Crippen LogP contribution in [0.15, 0.2) is 48.5 Å². The average molecular weight is 253 g/mol. The molecule has 19 heavy (non-hydrogen) atoms. The summed E-state index contributed by atoms with van der Waals surface area (Å²) in [5, 5.41) is 12.5. The van der Waals surface area contributed by atoms with Crippen LogP contribution in [-0.4, -0.2) is 15.3 Å². The van der Waals surface area contributed by atoms with E-state index in [0.717, 1.165) is 13.0 Å². The van der Waals surface area contributed by atoms with Crippen LogP contribution >= 0.6 is 0 Å². The Kier molecular flexibility index (Phi) is 2.83. The number of aliphatic hydroxyl groups is 1. The van der Waals surface area contributed by atoms with Crippen molar-refractivity contribution >= 4 is 21.8 Å². The van der Waals surface area contributed by atoms with E-state index in [2.05, 4.69) is 53.1 Å². The van der Waals surface area contributed by atoms with Gasteiger partial charge in [-0.3, -0.25) is 0 Å². The fraction of sp³-hybridized carbons (Fsp3) is 0.294. The second kappa shape index (κ2) is 4.39. The fourth-order valence-corrected chi connectivity index (χ4v) is 2.63. The third-order valence-corrected chi connectivity index (χ3v) is 3.63. The van der Waals surface area contributed by atoms with Crippen LogP contribution in [0.2, 0.25) is 0 Å². The zero-order valence-electron chi connectivity index (χ0n) is 11.4. The molecule has 3 aromatic rings. The largest absolute Gasteiger partial charge is 0.390 e. The maximum absolute atomic E-state index is 9.95. The number of aromatic nitrogens is 1. The Bertz CT molecular complexity index is 666. The molecule has 0 bridgehead atoms. The Morgan fingerprint density at radius 2 is 1.37 bits per heavy atom. The Labute approximate surface area is 113 Å². The summed E-state index contributed by atoms with van der Waals surface area (Å²) in [5.41, 5.74) is 1.85. The van der Waals surface area contributed by atoms with E-state index < -0.39 is 5.60 Å². The van der Waals surface area contributed by atoms with E-state index in [0.29, 0.717) is 0 Å². The molecule has 1 aromatic heterocycles. The zero-order valence-corrected chi connectivity index (χ0v) is 11.4. The lowest BCUT2D eigenvalue weighted by Gasteiger charge is -2.18. The van der Waals surface area contributed by atoms with E-state index in [1.54, 1.807) is 0 Å². The second-order valence-corrected chi connectivity index (χ2v) is 5.75. The minimum absolute atomic E-state index is 0.632. The van der Waals surface area contributed by atoms with Gasteiger partial charge in [0.05, 0.1) is 5.60 Å². The molecule has 0 saturated carbocycles. The quantitative estimate of drug-likeness (QED) is 0.751. The summed E-state index contributed by atoms with van der Waals surface area (Å²) in [4.78, 5) is 0. The summed E-state index contributed by atoms with van der Waals surface area (Å²) < 4.78 is 2.31. The standard InChI is InChI=1S/C17H19NO/c1-17(2,19)11-12-18-15-9-5-3-7-13(15)14-8-4-6-10-16(14)18/h3-10,19H,11-12H2,1-2H3. The summed E-state index contributed by atoms with van der Waals surface area (Å²) in [7, 11) is 0. The minimum atomic E-state index is -0.632. The Hall–Kier alpha value is -1.80. The molecule has 98 valence electrons. The average Bonchev–Trinajstić information content (AvgIpc) is 2.70. The zero-order chi connectivity index (χ0) is 13.5. The lowest BCUT2D eigenvalue weighted by atomic mass is 10.1. The molecule has 0 fully saturated rings. The van der Waals surface area contributed by atoms with Crippen LogP contribution in [0, 0.1) is 0 Å². The van der Waals surface area contributed by atoms with Crippen LogP contribution < -0.4 is 0 Å². The van der Waals surface area contributed by atoms with Gasteiger partial charge in [-0.05, 0) is 32.4 Å². The number of para-hydroxylation sites is 2. The number of nitrogens with zero attached hydrogens (tertiary/aromatic N) is 1. The number of aryl methyl sites for hydroxylation is 1. The molecule has 0 aliphatic heterocycles. The first-order valence-electron chi connectivity index (χ1n) is 6.75. The first-order valence-corrected chi connectivity index (χ1v) is 6.75. The highest BCUT2D eigenvalue weighted by Gasteiger charge is 2.15. The van der Waals surface area contributed by atoms with Crippen LogP contribution in [0.1, 0.15) is 20.3 Å². The van der Waals surface area contributed by atoms with Gasteiger partial charge in [-0.25, -0.2) is 0 Å². The van der Waals surface area contributed by atoms with E-state index in [4.69, 9.17) is 0 Å². The number of hydrogen-bond acceptors (Lipinski definition) is 1. The predicted octanol–water partition coefficient (Wildman–Crippen LogP) is 3.96. The van der Waals surface area contributed by atoms with Gasteiger partial charge in [0, 0.05) is 28.4 Å². The van der Waals surface area contributed by atoms with Crippen molar-refractivity contribution in [3.63, 3.8) is 0 Å². The van der Waals surface area contributed by atoms with Crippen LogP contribution in [0.4, 0.5) is 0 Å². The van der Waals surface area contributed by atoms with Crippen molar-refractivity contribution in [1.29, 1.82) is 0 Å². The lowest BCUT2D eigenvalue weighted by Crippen LogP contribution is -2.20. The van der Waals surface area contributed by atoms with Crippen LogP contribution in [0.25, 0.3) is 21.8 Å². The van der Waals surface area contributed by atoms with Crippen molar-refractivity contribution in [2.75, 3.05) is 0 Å². The number of fused-ring (bicyclic) bond motifs is 3. The van der Waals surface area contributed by atoms with Gasteiger partial charge in [0.2, 0.25) is 0 Å². The monoisotopic (exact) mass is 253 g/mol. The highest BCUT2D eigenvalue weighted by molar-refractivity contribution is 6.07. The molecule has 2 nitrogen and oxygen atoms in total. The first kappa shape index (κ1) is 12.2. The van der Waals surface area contributed by atoms with Gasteiger partial charge in [0.25, 0.3) is 0 Å². The Morgan fingerprint density at radius 1 is 0.895 bits per heavy atom. The molecule has 1 N–H and O–H groups in total. The van der Waals surface area contributed by atoms with Gasteiger partial charge in [0.15, 0.2) is 0 Å². The van der Waals surface area contributed by atoms with Gasteiger partial charge in [-0.2, -0.15) is 0 Å². The summed E-state index contributed by atoms with van der Waals surface area (Å²) >= 11 is 0. The molecule has 0 aliphatic rings. The van der Waals surface area contributed by atoms with Crippen molar-refractivity contribution in [2.24, 2.45) is 0 Å². The summed E-state index contributed by atoms with van der Waals surface area (Å²) in [6.45, 7) is 4.55. The highest BCUT2D eigenvalue weighted by atomic mass is 16.3. The maximum Gasteiger partial charge on any atom is 0.0608 e. The topological polar surface area (TPSA) is 25.2 Å². The second-order valence-electron chi connectivity index (χ2n) is 5.75. The molecule has 0 atom stereocenters. The van der Waals surface area contributed by atoms with E-state index in [1.807, 2.05) is 13.8 Å². The molecule has 1 heterocycles. The molecule has 0 unspecified atom stereocenters. The van der Waals surface area contributed by atoms with Gasteiger partial charge in [-0.1, -0.05) is 36.4 Å². The van der Waals surface area contributed by atoms with E-state index in [1.165, 1.54) is 21.8 Å². The van der Waals surface area contributed by atoms with Crippen LogP contribution in [0.3, 0.4) is 0 Å². The molecular weight excluding hydrogens is 234 g/mol. The molecule has 2 aromatic carbocycles. The van der Waals surface area contributed by atoms with Crippen molar-refractivity contribution < 1.29 is 5.11 Å². The normalized spacial score (nSPS) is 12.4. The van der Waals surface area contributed by atoms with Crippen LogP contribution in [-0.2, 0) is 6.54 Å². The van der Waals surface area contributed by atoms with E-state index in [-0.39, 0.29) is 0 Å². The molecule has 0 amide bonds. The van der Waals surface area contributed by atoms with Crippen LogP contribution in [0.5, 0.6) is 0 Å². The van der Waals surface area contributed by atoms with Gasteiger partial charge < -0.3 is 9.67 Å². The number of benzene rings is 2. The minimum Gasteiger partial charge on any atom is -0.390 e.